The van der Waals surface area contributed by atoms with Gasteiger partial charge in [-0.1, -0.05) is 26.0 Å². The lowest BCUT2D eigenvalue weighted by molar-refractivity contribution is -0.156. The summed E-state index contributed by atoms with van der Waals surface area (Å²) in [6.45, 7) is 14.3. The third-order valence-corrected chi connectivity index (χ3v) is 3.29. The second kappa shape index (κ2) is 6.39. The van der Waals surface area contributed by atoms with Gasteiger partial charge in [0.25, 0.3) is 0 Å². The first-order chi connectivity index (χ1) is 9.16. The number of rotatable bonds is 6. The van der Waals surface area contributed by atoms with Crippen LogP contribution in [0.5, 0.6) is 0 Å². The van der Waals surface area contributed by atoms with E-state index in [0.29, 0.717) is 19.8 Å². The van der Waals surface area contributed by atoms with Crippen molar-refractivity contribution in [2.75, 3.05) is 19.8 Å². The molecule has 1 saturated heterocycles. The molecule has 0 bridgehead atoms. The number of amides is 2. The van der Waals surface area contributed by atoms with Gasteiger partial charge in [-0.3, -0.25) is 9.59 Å². The van der Waals surface area contributed by atoms with E-state index in [0.717, 1.165) is 5.57 Å². The van der Waals surface area contributed by atoms with E-state index in [2.05, 4.69) is 11.9 Å². The highest BCUT2D eigenvalue weighted by Crippen LogP contribution is 2.22. The van der Waals surface area contributed by atoms with E-state index in [1.165, 1.54) is 0 Å². The quantitative estimate of drug-likeness (QED) is 0.591. The summed E-state index contributed by atoms with van der Waals surface area (Å²) in [6, 6.07) is -0.427. The minimum Gasteiger partial charge on any atom is -0.375 e. The zero-order valence-corrected chi connectivity index (χ0v) is 13.2. The van der Waals surface area contributed by atoms with Crippen molar-refractivity contribution in [2.45, 2.75) is 46.2 Å². The summed E-state index contributed by atoms with van der Waals surface area (Å²) in [5, 5.41) is 2.79. The summed E-state index contributed by atoms with van der Waals surface area (Å²) < 4.78 is 5.45. The number of hydrogen-bond acceptors (Lipinski definition) is 3. The van der Waals surface area contributed by atoms with Gasteiger partial charge in [0.05, 0.1) is 13.2 Å². The van der Waals surface area contributed by atoms with Gasteiger partial charge < -0.3 is 15.0 Å². The van der Waals surface area contributed by atoms with E-state index >= 15 is 0 Å². The van der Waals surface area contributed by atoms with Crippen LogP contribution in [0.15, 0.2) is 12.2 Å². The molecular weight excluding hydrogens is 256 g/mol. The molecular formula is C15H26N2O3. The molecule has 1 fully saturated rings. The van der Waals surface area contributed by atoms with E-state index in [9.17, 15) is 9.59 Å². The Morgan fingerprint density at radius 3 is 2.55 bits per heavy atom. The zero-order valence-electron chi connectivity index (χ0n) is 13.2. The summed E-state index contributed by atoms with van der Waals surface area (Å²) >= 11 is 0. The summed E-state index contributed by atoms with van der Waals surface area (Å²) in [5.41, 5.74) is 0.0880. The third kappa shape index (κ3) is 3.82. The Morgan fingerprint density at radius 1 is 1.45 bits per heavy atom. The normalized spacial score (nSPS) is 22.1. The topological polar surface area (TPSA) is 58.6 Å². The van der Waals surface area contributed by atoms with E-state index in [4.69, 9.17) is 4.74 Å². The molecule has 20 heavy (non-hydrogen) atoms. The van der Waals surface area contributed by atoms with Gasteiger partial charge in [-0.05, 0) is 26.7 Å². The lowest BCUT2D eigenvalue weighted by Crippen LogP contribution is -2.69. The molecule has 114 valence electrons. The first-order valence-corrected chi connectivity index (χ1v) is 7.02. The largest absolute Gasteiger partial charge is 0.375 e. The molecule has 0 aromatic rings. The van der Waals surface area contributed by atoms with Crippen molar-refractivity contribution in [3.05, 3.63) is 12.2 Å². The van der Waals surface area contributed by atoms with E-state index in [1.807, 2.05) is 20.8 Å². The van der Waals surface area contributed by atoms with Crippen LogP contribution in [0.1, 0.15) is 34.6 Å². The van der Waals surface area contributed by atoms with Crippen LogP contribution in [0.3, 0.4) is 0 Å². The van der Waals surface area contributed by atoms with Crippen LogP contribution in [-0.2, 0) is 14.3 Å². The molecule has 1 unspecified atom stereocenters. The van der Waals surface area contributed by atoms with Crippen LogP contribution in [0.2, 0.25) is 0 Å². The van der Waals surface area contributed by atoms with Gasteiger partial charge in [0, 0.05) is 6.54 Å². The molecule has 1 aliphatic heterocycles. The first kappa shape index (κ1) is 16.7. The lowest BCUT2D eigenvalue weighted by Gasteiger charge is -2.44. The summed E-state index contributed by atoms with van der Waals surface area (Å²) in [4.78, 5) is 26.3. The van der Waals surface area contributed by atoms with Crippen LogP contribution >= 0.6 is 0 Å². The van der Waals surface area contributed by atoms with E-state index in [-0.39, 0.29) is 17.7 Å². The molecule has 5 nitrogen and oxygen atoms in total. The van der Waals surface area contributed by atoms with Gasteiger partial charge in [0.2, 0.25) is 11.8 Å². The molecule has 0 spiro atoms. The summed E-state index contributed by atoms with van der Waals surface area (Å²) in [7, 11) is 0. The standard InChI is InChI=1S/C15H26N2O3/c1-10(2)9-20-8-7-17-12(11(3)4)13(18)16-15(5,6)14(17)19/h11-12H,1,7-9H2,2-6H3,(H,16,18). The molecule has 1 N–H and O–H groups in total. The zero-order chi connectivity index (χ0) is 15.5. The summed E-state index contributed by atoms with van der Waals surface area (Å²) in [6.07, 6.45) is 0. The smallest absolute Gasteiger partial charge is 0.248 e. The maximum absolute atomic E-state index is 12.5. The predicted molar refractivity (Wildman–Crippen MR) is 78.2 cm³/mol. The Labute approximate surface area is 121 Å². The molecule has 0 aromatic carbocycles. The molecule has 0 aliphatic carbocycles. The van der Waals surface area contributed by atoms with Gasteiger partial charge >= 0.3 is 0 Å². The number of nitrogens with one attached hydrogen (secondary N) is 1. The molecule has 1 atom stereocenters. The number of ether oxygens (including phenoxy) is 1. The van der Waals surface area contributed by atoms with Crippen LogP contribution in [-0.4, -0.2) is 48.1 Å². The second-order valence-electron chi connectivity index (χ2n) is 6.31. The fourth-order valence-corrected chi connectivity index (χ4v) is 2.37. The molecule has 1 aliphatic rings. The number of piperazine rings is 1. The number of carbonyl (C=O) groups excluding carboxylic acids is 2. The first-order valence-electron chi connectivity index (χ1n) is 7.02. The predicted octanol–water partition coefficient (Wildman–Crippen LogP) is 1.34. The van der Waals surface area contributed by atoms with Gasteiger partial charge in [-0.15, -0.1) is 0 Å². The van der Waals surface area contributed by atoms with Gasteiger partial charge in [0.15, 0.2) is 0 Å². The third-order valence-electron chi connectivity index (χ3n) is 3.29. The van der Waals surface area contributed by atoms with E-state index < -0.39 is 11.6 Å². The average Bonchev–Trinajstić information content (AvgIpc) is 2.28. The Morgan fingerprint density at radius 2 is 2.05 bits per heavy atom. The van der Waals surface area contributed by atoms with Gasteiger partial charge in [-0.2, -0.15) is 0 Å². The van der Waals surface area contributed by atoms with Crippen LogP contribution < -0.4 is 5.32 Å². The highest BCUT2D eigenvalue weighted by atomic mass is 16.5. The molecule has 2 amide bonds. The molecule has 1 heterocycles. The van der Waals surface area contributed by atoms with Crippen LogP contribution in [0.4, 0.5) is 0 Å². The Hall–Kier alpha value is -1.36. The number of nitrogens with zero attached hydrogens (tertiary/aromatic N) is 1. The number of carbonyl (C=O) groups is 2. The van der Waals surface area contributed by atoms with E-state index in [1.54, 1.807) is 18.7 Å². The summed E-state index contributed by atoms with van der Waals surface area (Å²) in [5.74, 6) is -0.0876. The fourth-order valence-electron chi connectivity index (χ4n) is 2.37. The monoisotopic (exact) mass is 282 g/mol. The highest BCUT2D eigenvalue weighted by Gasteiger charge is 2.45. The molecule has 0 radical (unpaired) electrons. The molecule has 5 heteroatoms. The SMILES string of the molecule is C=C(C)COCCN1C(=O)C(C)(C)NC(=O)C1C(C)C. The van der Waals surface area contributed by atoms with Crippen molar-refractivity contribution in [3.63, 3.8) is 0 Å². The van der Waals surface area contributed by atoms with Gasteiger partial charge in [0.1, 0.15) is 11.6 Å². The Bertz CT molecular complexity index is 402. The second-order valence-corrected chi connectivity index (χ2v) is 6.31. The van der Waals surface area contributed by atoms with Crippen LogP contribution in [0.25, 0.3) is 0 Å². The van der Waals surface area contributed by atoms with Crippen molar-refractivity contribution in [3.8, 4) is 0 Å². The maximum atomic E-state index is 12.5. The number of hydrogen-bond donors (Lipinski definition) is 1. The Balaban J connectivity index is 2.76. The maximum Gasteiger partial charge on any atom is 0.248 e. The minimum absolute atomic E-state index is 0.0604. The molecule has 1 rings (SSSR count). The van der Waals surface area contributed by atoms with Gasteiger partial charge in [-0.25, -0.2) is 0 Å². The fraction of sp³-hybridized carbons (Fsp3) is 0.733. The Kier molecular flexibility index (Phi) is 5.34. The van der Waals surface area contributed by atoms with Crippen LogP contribution in [0, 0.1) is 5.92 Å². The highest BCUT2D eigenvalue weighted by molar-refractivity contribution is 5.99. The molecule has 0 saturated carbocycles. The van der Waals surface area contributed by atoms with Crippen molar-refractivity contribution >= 4 is 11.8 Å². The van der Waals surface area contributed by atoms with Crippen molar-refractivity contribution in [1.82, 2.24) is 10.2 Å². The minimum atomic E-state index is -0.850. The van der Waals surface area contributed by atoms with Crippen molar-refractivity contribution < 1.29 is 14.3 Å². The lowest BCUT2D eigenvalue weighted by atomic mass is 9.91. The average molecular weight is 282 g/mol. The van der Waals surface area contributed by atoms with Crippen molar-refractivity contribution in [1.29, 1.82) is 0 Å². The van der Waals surface area contributed by atoms with Crippen molar-refractivity contribution in [2.24, 2.45) is 5.92 Å². The molecule has 0 aromatic heterocycles.